The predicted octanol–water partition coefficient (Wildman–Crippen LogP) is 3.57. The second kappa shape index (κ2) is 6.85. The summed E-state index contributed by atoms with van der Waals surface area (Å²) in [5.74, 6) is 1.09. The number of allylic oxidation sites excluding steroid dienone is 1. The lowest BCUT2D eigenvalue weighted by Gasteiger charge is -2.29. The summed E-state index contributed by atoms with van der Waals surface area (Å²) >= 11 is 0. The van der Waals surface area contributed by atoms with E-state index in [1.165, 1.54) is 0 Å². The van der Waals surface area contributed by atoms with E-state index in [-0.39, 0.29) is 24.2 Å². The van der Waals surface area contributed by atoms with Gasteiger partial charge >= 0.3 is 5.63 Å². The van der Waals surface area contributed by atoms with Crippen molar-refractivity contribution in [2.75, 3.05) is 6.79 Å². The van der Waals surface area contributed by atoms with Gasteiger partial charge in [0.25, 0.3) is 0 Å². The smallest absolute Gasteiger partial charge is 0.343 e. The SMILES string of the molecule is C[C@H](Cc1ccc2c(c1)OCO2)[C@@H]1C(C#N)=C(N)Oc2c1c(=O)oc1ccccc21. The van der Waals surface area contributed by atoms with Gasteiger partial charge in [-0.2, -0.15) is 5.26 Å². The van der Waals surface area contributed by atoms with Crippen LogP contribution in [0.2, 0.25) is 0 Å². The number of hydrogen-bond donors (Lipinski definition) is 1. The Hall–Kier alpha value is -3.92. The van der Waals surface area contributed by atoms with Crippen molar-refractivity contribution in [2.24, 2.45) is 11.7 Å². The summed E-state index contributed by atoms with van der Waals surface area (Å²) in [6, 6.07) is 15.0. The molecule has 0 saturated heterocycles. The van der Waals surface area contributed by atoms with Crippen LogP contribution in [0.4, 0.5) is 0 Å². The molecule has 0 saturated carbocycles. The Bertz CT molecular complexity index is 1300. The van der Waals surface area contributed by atoms with Gasteiger partial charge in [-0.05, 0) is 42.2 Å². The number of ether oxygens (including phenoxy) is 3. The number of nitriles is 1. The highest BCUT2D eigenvalue weighted by molar-refractivity contribution is 5.85. The molecule has 150 valence electrons. The third-order valence-corrected chi connectivity index (χ3v) is 5.58. The van der Waals surface area contributed by atoms with E-state index in [4.69, 9.17) is 24.4 Å². The topological polar surface area (TPSA) is 108 Å². The fraction of sp³-hybridized carbons (Fsp3) is 0.217. The van der Waals surface area contributed by atoms with Gasteiger partial charge in [-0.15, -0.1) is 0 Å². The van der Waals surface area contributed by atoms with Gasteiger partial charge in [0.1, 0.15) is 11.7 Å². The third-order valence-electron chi connectivity index (χ3n) is 5.58. The molecular weight excluding hydrogens is 384 g/mol. The fourth-order valence-corrected chi connectivity index (χ4v) is 4.23. The quantitative estimate of drug-likeness (QED) is 0.667. The Morgan fingerprint density at radius 1 is 1.20 bits per heavy atom. The molecule has 0 unspecified atom stereocenters. The molecule has 5 rings (SSSR count). The number of rotatable bonds is 3. The Morgan fingerprint density at radius 3 is 2.83 bits per heavy atom. The summed E-state index contributed by atoms with van der Waals surface area (Å²) in [4.78, 5) is 12.9. The minimum absolute atomic E-state index is 0.0169. The van der Waals surface area contributed by atoms with Crippen LogP contribution >= 0.6 is 0 Å². The van der Waals surface area contributed by atoms with Crippen LogP contribution < -0.4 is 25.6 Å². The van der Waals surface area contributed by atoms with Crippen molar-refractivity contribution in [1.29, 1.82) is 5.26 Å². The molecule has 30 heavy (non-hydrogen) atoms. The van der Waals surface area contributed by atoms with Crippen LogP contribution in [0.15, 0.2) is 63.1 Å². The van der Waals surface area contributed by atoms with E-state index in [0.717, 1.165) is 5.56 Å². The molecule has 0 spiro atoms. The van der Waals surface area contributed by atoms with Crippen LogP contribution in [-0.4, -0.2) is 6.79 Å². The Labute approximate surface area is 171 Å². The van der Waals surface area contributed by atoms with E-state index in [2.05, 4.69) is 6.07 Å². The number of nitrogens with two attached hydrogens (primary N) is 1. The Balaban J connectivity index is 1.61. The molecule has 3 aromatic rings. The van der Waals surface area contributed by atoms with Crippen molar-refractivity contribution < 1.29 is 18.6 Å². The molecular formula is C23H18N2O5. The van der Waals surface area contributed by atoms with Crippen molar-refractivity contribution in [1.82, 2.24) is 0 Å². The second-order valence-electron chi connectivity index (χ2n) is 7.47. The van der Waals surface area contributed by atoms with E-state index in [0.29, 0.717) is 40.2 Å². The van der Waals surface area contributed by atoms with Gasteiger partial charge in [-0.25, -0.2) is 4.79 Å². The van der Waals surface area contributed by atoms with Crippen LogP contribution in [-0.2, 0) is 6.42 Å². The van der Waals surface area contributed by atoms with Gasteiger partial charge in [0.15, 0.2) is 17.2 Å². The number of fused-ring (bicyclic) bond motifs is 4. The maximum Gasteiger partial charge on any atom is 0.343 e. The number of nitrogens with zero attached hydrogens (tertiary/aromatic N) is 1. The number of benzene rings is 2. The van der Waals surface area contributed by atoms with Crippen molar-refractivity contribution in [2.45, 2.75) is 19.3 Å². The maximum atomic E-state index is 12.9. The van der Waals surface area contributed by atoms with Gasteiger partial charge in [0, 0.05) is 5.92 Å². The summed E-state index contributed by atoms with van der Waals surface area (Å²) in [7, 11) is 0. The van der Waals surface area contributed by atoms with Gasteiger partial charge in [0.05, 0.1) is 16.5 Å². The van der Waals surface area contributed by atoms with Crippen molar-refractivity contribution in [3.63, 3.8) is 0 Å². The lowest BCUT2D eigenvalue weighted by atomic mass is 9.78. The van der Waals surface area contributed by atoms with Crippen molar-refractivity contribution in [3.8, 4) is 23.3 Å². The van der Waals surface area contributed by atoms with E-state index in [9.17, 15) is 10.1 Å². The largest absolute Gasteiger partial charge is 0.454 e. The zero-order chi connectivity index (χ0) is 20.8. The first-order valence-electron chi connectivity index (χ1n) is 9.58. The molecule has 7 heteroatoms. The lowest BCUT2D eigenvalue weighted by molar-refractivity contribution is 0.174. The first-order valence-corrected chi connectivity index (χ1v) is 9.58. The minimum Gasteiger partial charge on any atom is -0.454 e. The highest BCUT2D eigenvalue weighted by Crippen LogP contribution is 2.44. The van der Waals surface area contributed by atoms with Gasteiger partial charge in [-0.1, -0.05) is 25.1 Å². The van der Waals surface area contributed by atoms with Crippen LogP contribution in [0.5, 0.6) is 17.2 Å². The molecule has 2 aromatic carbocycles. The second-order valence-corrected chi connectivity index (χ2v) is 7.47. The first kappa shape index (κ1) is 18.1. The molecule has 3 heterocycles. The molecule has 1 aromatic heterocycles. The van der Waals surface area contributed by atoms with E-state index in [1.807, 2.05) is 31.2 Å². The van der Waals surface area contributed by atoms with E-state index < -0.39 is 11.5 Å². The molecule has 2 aliphatic rings. The lowest BCUT2D eigenvalue weighted by Crippen LogP contribution is -2.29. The van der Waals surface area contributed by atoms with Crippen LogP contribution in [0.1, 0.15) is 24.0 Å². The summed E-state index contributed by atoms with van der Waals surface area (Å²) in [6.07, 6.45) is 0.589. The van der Waals surface area contributed by atoms with E-state index >= 15 is 0 Å². The van der Waals surface area contributed by atoms with E-state index in [1.54, 1.807) is 18.2 Å². The zero-order valence-electron chi connectivity index (χ0n) is 16.2. The molecule has 0 fully saturated rings. The van der Waals surface area contributed by atoms with Crippen molar-refractivity contribution in [3.05, 3.63) is 75.5 Å². The molecule has 0 amide bonds. The standard InChI is InChI=1S/C23H18N2O5/c1-12(8-13-6-7-17-18(9-13)28-11-27-17)19-15(10-24)22(25)30-21-14-4-2-3-5-16(14)29-23(26)20(19)21/h2-7,9,12,19H,8,11,25H2,1H3/t12-,19-/m1/s1. The highest BCUT2D eigenvalue weighted by atomic mass is 16.7. The molecule has 7 nitrogen and oxygen atoms in total. The maximum absolute atomic E-state index is 12.9. The summed E-state index contributed by atoms with van der Waals surface area (Å²) in [5.41, 5.74) is 7.56. The normalized spacial score (nSPS) is 17.9. The van der Waals surface area contributed by atoms with Crippen LogP contribution in [0.25, 0.3) is 11.0 Å². The number of para-hydroxylation sites is 1. The number of hydrogen-bond acceptors (Lipinski definition) is 7. The summed E-state index contributed by atoms with van der Waals surface area (Å²) in [6.45, 7) is 2.18. The zero-order valence-corrected chi connectivity index (χ0v) is 16.2. The highest BCUT2D eigenvalue weighted by Gasteiger charge is 2.37. The monoisotopic (exact) mass is 402 g/mol. The molecule has 0 aliphatic carbocycles. The summed E-state index contributed by atoms with van der Waals surface area (Å²) < 4.78 is 22.1. The third kappa shape index (κ3) is 2.77. The minimum atomic E-state index is -0.551. The van der Waals surface area contributed by atoms with Gasteiger partial charge < -0.3 is 24.4 Å². The molecule has 0 radical (unpaired) electrons. The molecule has 2 N–H and O–H groups in total. The summed E-state index contributed by atoms with van der Waals surface area (Å²) in [5, 5.41) is 10.4. The Kier molecular flexibility index (Phi) is 4.14. The van der Waals surface area contributed by atoms with Crippen molar-refractivity contribution >= 4 is 11.0 Å². The first-order chi connectivity index (χ1) is 14.6. The molecule has 2 atom stereocenters. The molecule has 2 aliphatic heterocycles. The predicted molar refractivity (Wildman–Crippen MR) is 108 cm³/mol. The average Bonchev–Trinajstić information content (AvgIpc) is 3.20. The fourth-order valence-electron chi connectivity index (χ4n) is 4.23. The van der Waals surface area contributed by atoms with Gasteiger partial charge in [0.2, 0.25) is 12.7 Å². The average molecular weight is 402 g/mol. The van der Waals surface area contributed by atoms with Crippen LogP contribution in [0, 0.1) is 17.2 Å². The molecule has 0 bridgehead atoms. The van der Waals surface area contributed by atoms with Gasteiger partial charge in [-0.3, -0.25) is 0 Å². The Morgan fingerprint density at radius 2 is 2.00 bits per heavy atom. The van der Waals surface area contributed by atoms with Crippen LogP contribution in [0.3, 0.4) is 0 Å².